The number of nitrogens with one attached hydrogen (secondary N) is 1. The Morgan fingerprint density at radius 1 is 1.00 bits per heavy atom. The fourth-order valence-electron chi connectivity index (χ4n) is 3.24. The summed E-state index contributed by atoms with van der Waals surface area (Å²) in [6.07, 6.45) is 5.17. The lowest BCUT2D eigenvalue weighted by molar-refractivity contribution is 0.1000. The molecule has 4 nitrogen and oxygen atoms in total. The van der Waals surface area contributed by atoms with Gasteiger partial charge in [0.25, 0.3) is 0 Å². The van der Waals surface area contributed by atoms with E-state index >= 15 is 0 Å². The number of carbonyl (C=O) groups excluding carboxylic acids is 1. The van der Waals surface area contributed by atoms with Gasteiger partial charge in [-0.25, -0.2) is 0 Å². The monoisotopic (exact) mass is 323 g/mol. The zero-order valence-electron chi connectivity index (χ0n) is 14.0. The van der Waals surface area contributed by atoms with Gasteiger partial charge in [0.2, 0.25) is 5.91 Å². The molecule has 1 heterocycles. The molecule has 0 aromatic heterocycles. The lowest BCUT2D eigenvalue weighted by atomic mass is 10.1. The molecule has 0 radical (unpaired) electrons. The number of primary amides is 1. The van der Waals surface area contributed by atoms with E-state index in [0.717, 1.165) is 24.3 Å². The van der Waals surface area contributed by atoms with Crippen LogP contribution in [0.25, 0.3) is 0 Å². The second-order valence-corrected chi connectivity index (χ2v) is 6.34. The Morgan fingerprint density at radius 2 is 1.75 bits per heavy atom. The Hall–Kier alpha value is -2.49. The minimum Gasteiger partial charge on any atom is -0.379 e. The Labute approximate surface area is 143 Å². The number of carbonyl (C=O) groups is 1. The van der Waals surface area contributed by atoms with Crippen molar-refractivity contribution >= 4 is 17.3 Å². The maximum atomic E-state index is 11.3. The number of amides is 1. The number of hydrogen-bond acceptors (Lipinski definition) is 3. The number of hydrogen-bond donors (Lipinski definition) is 2. The lowest BCUT2D eigenvalue weighted by Crippen LogP contribution is -2.24. The van der Waals surface area contributed by atoms with Crippen molar-refractivity contribution < 1.29 is 4.79 Å². The van der Waals surface area contributed by atoms with E-state index < -0.39 is 0 Å². The maximum absolute atomic E-state index is 11.3. The third kappa shape index (κ3) is 4.07. The van der Waals surface area contributed by atoms with Crippen molar-refractivity contribution in [2.24, 2.45) is 5.73 Å². The summed E-state index contributed by atoms with van der Waals surface area (Å²) in [6.45, 7) is 2.91. The summed E-state index contributed by atoms with van der Waals surface area (Å²) < 4.78 is 0. The molecular weight excluding hydrogens is 298 g/mol. The summed E-state index contributed by atoms with van der Waals surface area (Å²) in [7, 11) is 0. The summed E-state index contributed by atoms with van der Waals surface area (Å²) in [5.74, 6) is -0.387. The minimum atomic E-state index is -0.387. The highest BCUT2D eigenvalue weighted by Gasteiger charge is 2.13. The van der Waals surface area contributed by atoms with Gasteiger partial charge in [0, 0.05) is 25.2 Å². The highest BCUT2D eigenvalue weighted by atomic mass is 16.1. The van der Waals surface area contributed by atoms with Gasteiger partial charge in [-0.3, -0.25) is 4.79 Å². The average Bonchev–Trinajstić information content (AvgIpc) is 2.90. The quantitative estimate of drug-likeness (QED) is 0.880. The fraction of sp³-hybridized carbons (Fsp3) is 0.350. The Morgan fingerprint density at radius 3 is 2.50 bits per heavy atom. The molecule has 0 bridgehead atoms. The number of nitrogens with zero attached hydrogens (tertiary/aromatic N) is 1. The number of benzene rings is 2. The highest BCUT2D eigenvalue weighted by molar-refractivity contribution is 5.92. The summed E-state index contributed by atoms with van der Waals surface area (Å²) in [6, 6.07) is 15.9. The van der Waals surface area contributed by atoms with Crippen molar-refractivity contribution in [2.45, 2.75) is 32.2 Å². The molecule has 24 heavy (non-hydrogen) atoms. The smallest absolute Gasteiger partial charge is 0.248 e. The van der Waals surface area contributed by atoms with E-state index in [2.05, 4.69) is 34.5 Å². The Bertz CT molecular complexity index is 691. The number of nitrogens with two attached hydrogens (primary N) is 1. The molecule has 2 aromatic rings. The lowest BCUT2D eigenvalue weighted by Gasteiger charge is -2.25. The van der Waals surface area contributed by atoms with E-state index in [4.69, 9.17) is 5.73 Å². The topological polar surface area (TPSA) is 58.4 Å². The Kier molecular flexibility index (Phi) is 5.36. The zero-order valence-corrected chi connectivity index (χ0v) is 14.0. The van der Waals surface area contributed by atoms with Gasteiger partial charge in [-0.05, 0) is 42.7 Å². The van der Waals surface area contributed by atoms with Crippen molar-refractivity contribution in [1.29, 1.82) is 0 Å². The summed E-state index contributed by atoms with van der Waals surface area (Å²) in [5, 5.41) is 3.52. The molecule has 126 valence electrons. The van der Waals surface area contributed by atoms with Crippen LogP contribution in [0.2, 0.25) is 0 Å². The molecule has 1 aliphatic rings. The van der Waals surface area contributed by atoms with Crippen LogP contribution >= 0.6 is 0 Å². The minimum absolute atomic E-state index is 0.387. The van der Waals surface area contributed by atoms with Gasteiger partial charge < -0.3 is 16.0 Å². The third-order valence-corrected chi connectivity index (χ3v) is 4.55. The number of rotatable bonds is 5. The molecule has 3 rings (SSSR count). The highest BCUT2D eigenvalue weighted by Crippen LogP contribution is 2.28. The summed E-state index contributed by atoms with van der Waals surface area (Å²) in [5.41, 5.74) is 9.38. The van der Waals surface area contributed by atoms with E-state index in [1.807, 2.05) is 18.2 Å². The first-order valence-corrected chi connectivity index (χ1v) is 8.70. The van der Waals surface area contributed by atoms with Crippen molar-refractivity contribution in [1.82, 2.24) is 0 Å². The molecule has 0 unspecified atom stereocenters. The SMILES string of the molecule is NC(=O)c1cccc(CNc2ccccc2N2CCCCCC2)c1. The van der Waals surface area contributed by atoms with Gasteiger partial charge in [0.15, 0.2) is 0 Å². The second-order valence-electron chi connectivity index (χ2n) is 6.34. The van der Waals surface area contributed by atoms with Crippen LogP contribution in [0.5, 0.6) is 0 Å². The van der Waals surface area contributed by atoms with Gasteiger partial charge in [0.1, 0.15) is 0 Å². The predicted molar refractivity (Wildman–Crippen MR) is 99.4 cm³/mol. The second kappa shape index (κ2) is 7.86. The number of para-hydroxylation sites is 2. The molecule has 1 saturated heterocycles. The first-order chi connectivity index (χ1) is 11.7. The van der Waals surface area contributed by atoms with Crippen LogP contribution < -0.4 is 16.0 Å². The van der Waals surface area contributed by atoms with Gasteiger partial charge in [-0.2, -0.15) is 0 Å². The fourth-order valence-corrected chi connectivity index (χ4v) is 3.24. The standard InChI is InChI=1S/C20H25N3O/c21-20(24)17-9-7-8-16(14-17)15-22-18-10-3-4-11-19(18)23-12-5-1-2-6-13-23/h3-4,7-11,14,22H,1-2,5-6,12-13,15H2,(H2,21,24). The molecule has 0 saturated carbocycles. The predicted octanol–water partition coefficient (Wildman–Crippen LogP) is 3.78. The largest absolute Gasteiger partial charge is 0.379 e. The molecular formula is C20H25N3O. The molecule has 4 heteroatoms. The summed E-state index contributed by atoms with van der Waals surface area (Å²) >= 11 is 0. The van der Waals surface area contributed by atoms with E-state index in [-0.39, 0.29) is 5.91 Å². The van der Waals surface area contributed by atoms with E-state index in [1.165, 1.54) is 31.4 Å². The maximum Gasteiger partial charge on any atom is 0.248 e. The van der Waals surface area contributed by atoms with E-state index in [0.29, 0.717) is 12.1 Å². The average molecular weight is 323 g/mol. The summed E-state index contributed by atoms with van der Waals surface area (Å²) in [4.78, 5) is 13.8. The molecule has 0 atom stereocenters. The first kappa shape index (κ1) is 16.4. The van der Waals surface area contributed by atoms with Gasteiger partial charge in [0.05, 0.1) is 11.4 Å². The first-order valence-electron chi connectivity index (χ1n) is 8.70. The van der Waals surface area contributed by atoms with E-state index in [1.54, 1.807) is 6.07 Å². The van der Waals surface area contributed by atoms with Crippen LogP contribution in [0.4, 0.5) is 11.4 Å². The van der Waals surface area contributed by atoms with Crippen molar-refractivity contribution in [3.05, 3.63) is 59.7 Å². The van der Waals surface area contributed by atoms with Crippen molar-refractivity contribution in [3.63, 3.8) is 0 Å². The third-order valence-electron chi connectivity index (χ3n) is 4.55. The van der Waals surface area contributed by atoms with Gasteiger partial charge in [-0.15, -0.1) is 0 Å². The van der Waals surface area contributed by atoms with Crippen LogP contribution in [-0.4, -0.2) is 19.0 Å². The normalized spacial score (nSPS) is 14.9. The zero-order chi connectivity index (χ0) is 16.8. The molecule has 1 amide bonds. The van der Waals surface area contributed by atoms with Gasteiger partial charge >= 0.3 is 0 Å². The molecule has 3 N–H and O–H groups in total. The van der Waals surface area contributed by atoms with Crippen molar-refractivity contribution in [3.8, 4) is 0 Å². The van der Waals surface area contributed by atoms with Crippen molar-refractivity contribution in [2.75, 3.05) is 23.3 Å². The van der Waals surface area contributed by atoms with Crippen LogP contribution in [-0.2, 0) is 6.54 Å². The van der Waals surface area contributed by atoms with Crippen LogP contribution in [0.1, 0.15) is 41.6 Å². The van der Waals surface area contributed by atoms with Crippen LogP contribution in [0.3, 0.4) is 0 Å². The van der Waals surface area contributed by atoms with E-state index in [9.17, 15) is 4.79 Å². The van der Waals surface area contributed by atoms with Crippen LogP contribution in [0, 0.1) is 0 Å². The number of anilines is 2. The Balaban J connectivity index is 1.73. The van der Waals surface area contributed by atoms with Crippen LogP contribution in [0.15, 0.2) is 48.5 Å². The molecule has 0 spiro atoms. The molecule has 0 aliphatic carbocycles. The molecule has 1 aliphatic heterocycles. The molecule has 1 fully saturated rings. The van der Waals surface area contributed by atoms with Gasteiger partial charge in [-0.1, -0.05) is 37.1 Å². The molecule has 2 aromatic carbocycles.